The Labute approximate surface area is 133 Å². The molecule has 0 aliphatic heterocycles. The summed E-state index contributed by atoms with van der Waals surface area (Å²) in [7, 11) is 0. The van der Waals surface area contributed by atoms with E-state index in [-0.39, 0.29) is 16.7 Å². The fourth-order valence-corrected chi connectivity index (χ4v) is 2.72. The van der Waals surface area contributed by atoms with Crippen molar-refractivity contribution in [1.29, 1.82) is 0 Å². The Balaban J connectivity index is 2.53. The van der Waals surface area contributed by atoms with Gasteiger partial charge in [0, 0.05) is 16.6 Å². The molecule has 0 heterocycles. The summed E-state index contributed by atoms with van der Waals surface area (Å²) < 4.78 is 0.707. The van der Waals surface area contributed by atoms with Gasteiger partial charge in [-0.3, -0.25) is 4.79 Å². The summed E-state index contributed by atoms with van der Waals surface area (Å²) in [5.74, 6) is -0.142. The van der Waals surface area contributed by atoms with Crippen molar-refractivity contribution in [1.82, 2.24) is 5.32 Å². The maximum Gasteiger partial charge on any atom is 0.251 e. The minimum atomic E-state index is -0.142. The van der Waals surface area contributed by atoms with Crippen LogP contribution in [0.3, 0.4) is 0 Å². The van der Waals surface area contributed by atoms with Gasteiger partial charge in [-0.05, 0) is 46.0 Å². The zero-order chi connectivity index (χ0) is 14.6. The van der Waals surface area contributed by atoms with E-state index in [9.17, 15) is 4.79 Å². The van der Waals surface area contributed by atoms with E-state index < -0.39 is 0 Å². The molecule has 1 aromatic carbocycles. The van der Waals surface area contributed by atoms with Gasteiger partial charge in [-0.2, -0.15) is 0 Å². The van der Waals surface area contributed by atoms with Crippen molar-refractivity contribution < 1.29 is 4.79 Å². The second-order valence-corrected chi connectivity index (χ2v) is 7.58. The topological polar surface area (TPSA) is 29.1 Å². The van der Waals surface area contributed by atoms with Crippen LogP contribution in [0.2, 0.25) is 5.02 Å². The van der Waals surface area contributed by atoms with E-state index in [1.165, 1.54) is 0 Å². The van der Waals surface area contributed by atoms with Crippen LogP contribution < -0.4 is 5.32 Å². The molecule has 106 valence electrons. The van der Waals surface area contributed by atoms with E-state index in [2.05, 4.69) is 42.0 Å². The van der Waals surface area contributed by atoms with Gasteiger partial charge >= 0.3 is 0 Å². The second kappa shape index (κ2) is 6.96. The quantitative estimate of drug-likeness (QED) is 0.756. The average Bonchev–Trinajstić information content (AvgIpc) is 2.27. The van der Waals surface area contributed by atoms with Gasteiger partial charge in [-0.25, -0.2) is 0 Å². The highest BCUT2D eigenvalue weighted by molar-refractivity contribution is 9.10. The van der Waals surface area contributed by atoms with Crippen LogP contribution in [-0.4, -0.2) is 17.8 Å². The minimum absolute atomic E-state index is 0.0697. The average molecular weight is 367 g/mol. The van der Waals surface area contributed by atoms with Gasteiger partial charge in [0.25, 0.3) is 5.91 Å². The first-order valence-corrected chi connectivity index (χ1v) is 7.67. The Morgan fingerprint density at radius 2 is 2.05 bits per heavy atom. The molecule has 0 aliphatic rings. The largest absolute Gasteiger partial charge is 0.351 e. The molecule has 5 heteroatoms. The number of rotatable bonds is 4. The Kier molecular flexibility index (Phi) is 6.15. The summed E-state index contributed by atoms with van der Waals surface area (Å²) in [5.41, 5.74) is 0.719. The van der Waals surface area contributed by atoms with Crippen LogP contribution in [-0.2, 0) is 0 Å². The molecule has 0 saturated heterocycles. The lowest BCUT2D eigenvalue weighted by molar-refractivity contribution is 0.0952. The van der Waals surface area contributed by atoms with Crippen LogP contribution in [0.4, 0.5) is 0 Å². The van der Waals surface area contributed by atoms with E-state index in [0.29, 0.717) is 21.6 Å². The molecular weight excluding hydrogens is 349 g/mol. The Morgan fingerprint density at radius 3 is 2.58 bits per heavy atom. The molecule has 19 heavy (non-hydrogen) atoms. The smallest absolute Gasteiger partial charge is 0.251 e. The van der Waals surface area contributed by atoms with Gasteiger partial charge < -0.3 is 5.32 Å². The van der Waals surface area contributed by atoms with Crippen molar-refractivity contribution >= 4 is 45.0 Å². The number of nitrogens with one attached hydrogen (secondary N) is 1. The molecule has 0 radical (unpaired) electrons. The third kappa shape index (κ3) is 6.15. The molecule has 0 saturated carbocycles. The van der Waals surface area contributed by atoms with Gasteiger partial charge in [-0.1, -0.05) is 32.4 Å². The molecule has 1 aromatic rings. The maximum atomic E-state index is 11.9. The zero-order valence-electron chi connectivity index (χ0n) is 11.3. The SMILES string of the molecule is CC(C)(C)CC(Cl)CNC(=O)c1ccc(Cl)c(Br)c1. The molecule has 1 rings (SSSR count). The van der Waals surface area contributed by atoms with Gasteiger partial charge in [0.05, 0.1) is 10.4 Å². The summed E-state index contributed by atoms with van der Waals surface area (Å²) in [6.45, 7) is 6.83. The molecule has 0 bridgehead atoms. The fraction of sp³-hybridized carbons (Fsp3) is 0.500. The van der Waals surface area contributed by atoms with Gasteiger partial charge in [0.15, 0.2) is 0 Å². The van der Waals surface area contributed by atoms with Crippen molar-refractivity contribution in [3.8, 4) is 0 Å². The highest BCUT2D eigenvalue weighted by Gasteiger charge is 2.17. The van der Waals surface area contributed by atoms with E-state index >= 15 is 0 Å². The van der Waals surface area contributed by atoms with E-state index in [1.807, 2.05) is 0 Å². The summed E-state index contributed by atoms with van der Waals surface area (Å²) in [4.78, 5) is 11.9. The van der Waals surface area contributed by atoms with E-state index in [1.54, 1.807) is 18.2 Å². The van der Waals surface area contributed by atoms with Crippen LogP contribution in [0, 0.1) is 5.41 Å². The Bertz CT molecular complexity index is 457. The number of carbonyl (C=O) groups excluding carboxylic acids is 1. The summed E-state index contributed by atoms with van der Waals surface area (Å²) in [6.07, 6.45) is 0.846. The Morgan fingerprint density at radius 1 is 1.42 bits per heavy atom. The van der Waals surface area contributed by atoms with Crippen LogP contribution in [0.15, 0.2) is 22.7 Å². The van der Waals surface area contributed by atoms with E-state index in [4.69, 9.17) is 23.2 Å². The highest BCUT2D eigenvalue weighted by Crippen LogP contribution is 2.24. The van der Waals surface area contributed by atoms with Crippen LogP contribution in [0.25, 0.3) is 0 Å². The van der Waals surface area contributed by atoms with Crippen molar-refractivity contribution in [2.75, 3.05) is 6.54 Å². The van der Waals surface area contributed by atoms with Crippen molar-refractivity contribution in [2.45, 2.75) is 32.6 Å². The third-order valence-electron chi connectivity index (χ3n) is 2.50. The third-order valence-corrected chi connectivity index (χ3v) is 4.02. The predicted molar refractivity (Wildman–Crippen MR) is 85.2 cm³/mol. The standard InChI is InChI=1S/C14H18BrCl2NO/c1-14(2,3)7-10(16)8-18-13(19)9-4-5-12(17)11(15)6-9/h4-6,10H,7-8H2,1-3H3,(H,18,19). The molecule has 0 fully saturated rings. The summed E-state index contributed by atoms with van der Waals surface area (Å²) in [5, 5.41) is 3.35. The zero-order valence-corrected chi connectivity index (χ0v) is 14.4. The normalized spacial score (nSPS) is 13.2. The van der Waals surface area contributed by atoms with Crippen molar-refractivity contribution in [3.63, 3.8) is 0 Å². The summed E-state index contributed by atoms with van der Waals surface area (Å²) >= 11 is 15.4. The maximum absolute atomic E-state index is 11.9. The molecule has 1 atom stereocenters. The number of benzene rings is 1. The molecule has 1 unspecified atom stereocenters. The minimum Gasteiger partial charge on any atom is -0.351 e. The molecule has 1 amide bonds. The number of halogens is 3. The number of hydrogen-bond acceptors (Lipinski definition) is 1. The lowest BCUT2D eigenvalue weighted by Crippen LogP contribution is -2.31. The van der Waals surface area contributed by atoms with Crippen LogP contribution >= 0.6 is 39.1 Å². The highest BCUT2D eigenvalue weighted by atomic mass is 79.9. The predicted octanol–water partition coefficient (Wildman–Crippen LogP) is 4.88. The first-order valence-electron chi connectivity index (χ1n) is 6.06. The van der Waals surface area contributed by atoms with Crippen molar-refractivity contribution in [3.05, 3.63) is 33.3 Å². The fourth-order valence-electron chi connectivity index (χ4n) is 1.68. The number of amides is 1. The number of alkyl halides is 1. The molecule has 0 aromatic heterocycles. The molecule has 0 spiro atoms. The van der Waals surface area contributed by atoms with Gasteiger partial charge in [-0.15, -0.1) is 11.6 Å². The van der Waals surface area contributed by atoms with Gasteiger partial charge in [0.2, 0.25) is 0 Å². The molecule has 0 aliphatic carbocycles. The lowest BCUT2D eigenvalue weighted by atomic mass is 9.90. The first-order chi connectivity index (χ1) is 8.69. The Hall–Kier alpha value is -0.250. The van der Waals surface area contributed by atoms with Crippen LogP contribution in [0.5, 0.6) is 0 Å². The molecule has 1 N–H and O–H groups in total. The lowest BCUT2D eigenvalue weighted by Gasteiger charge is -2.22. The number of carbonyl (C=O) groups is 1. The number of hydrogen-bond donors (Lipinski definition) is 1. The molecule has 2 nitrogen and oxygen atoms in total. The monoisotopic (exact) mass is 365 g/mol. The molecular formula is C14H18BrCl2NO. The van der Waals surface area contributed by atoms with Gasteiger partial charge in [0.1, 0.15) is 0 Å². The van der Waals surface area contributed by atoms with Crippen LogP contribution in [0.1, 0.15) is 37.6 Å². The summed E-state index contributed by atoms with van der Waals surface area (Å²) in [6, 6.07) is 5.08. The van der Waals surface area contributed by atoms with E-state index in [0.717, 1.165) is 6.42 Å². The second-order valence-electron chi connectivity index (χ2n) is 5.70. The first kappa shape index (κ1) is 16.8. The van der Waals surface area contributed by atoms with Crippen molar-refractivity contribution in [2.24, 2.45) is 5.41 Å².